The van der Waals surface area contributed by atoms with Crippen LogP contribution in [0.2, 0.25) is 5.02 Å². The maximum absolute atomic E-state index is 6.04. The van der Waals surface area contributed by atoms with E-state index in [1.807, 2.05) is 24.3 Å². The molecule has 0 spiro atoms. The van der Waals surface area contributed by atoms with Crippen LogP contribution in [0.3, 0.4) is 0 Å². The van der Waals surface area contributed by atoms with Crippen LogP contribution in [-0.4, -0.2) is 28.1 Å². The van der Waals surface area contributed by atoms with Gasteiger partial charge in [0, 0.05) is 17.1 Å². The summed E-state index contributed by atoms with van der Waals surface area (Å²) in [5.41, 5.74) is 2.29. The molecular weight excluding hydrogens is 334 g/mol. The number of nitrogens with zero attached hydrogens (tertiary/aromatic N) is 3. The predicted octanol–water partition coefficient (Wildman–Crippen LogP) is 4.77. The van der Waals surface area contributed by atoms with Crippen molar-refractivity contribution >= 4 is 11.6 Å². The lowest BCUT2D eigenvalue weighted by Gasteiger charge is -2.31. The maximum atomic E-state index is 6.04. The fourth-order valence-electron chi connectivity index (χ4n) is 3.45. The van der Waals surface area contributed by atoms with Crippen molar-refractivity contribution in [2.24, 2.45) is 0 Å². The van der Waals surface area contributed by atoms with Gasteiger partial charge in [0.05, 0.1) is 6.54 Å². The third-order valence-electron chi connectivity index (χ3n) is 4.69. The highest BCUT2D eigenvalue weighted by Crippen LogP contribution is 2.27. The Kier molecular flexibility index (Phi) is 4.81. The van der Waals surface area contributed by atoms with Gasteiger partial charge in [-0.15, -0.1) is 0 Å². The Morgan fingerprint density at radius 3 is 2.84 bits per heavy atom. The van der Waals surface area contributed by atoms with Crippen molar-refractivity contribution in [1.82, 2.24) is 15.0 Å². The standard InChI is InChI=1S/C20H20ClN3O/c21-18-10-4-8-16(12-18)20-22-19(25-23-20)14-24-11-5-9-17(13-24)15-6-2-1-3-7-15/h1-4,6-8,10,12,17H,5,9,11,13-14H2. The fraction of sp³-hybridized carbons (Fsp3) is 0.300. The van der Waals surface area contributed by atoms with Gasteiger partial charge in [0.25, 0.3) is 0 Å². The number of piperidine rings is 1. The summed E-state index contributed by atoms with van der Waals surface area (Å²) in [7, 11) is 0. The van der Waals surface area contributed by atoms with Crippen LogP contribution in [0.4, 0.5) is 0 Å². The first kappa shape index (κ1) is 16.3. The second-order valence-corrected chi connectivity index (χ2v) is 6.94. The van der Waals surface area contributed by atoms with Gasteiger partial charge in [-0.2, -0.15) is 4.98 Å². The van der Waals surface area contributed by atoms with Crippen LogP contribution in [0.15, 0.2) is 59.1 Å². The number of benzene rings is 2. The summed E-state index contributed by atoms with van der Waals surface area (Å²) in [6.45, 7) is 2.79. The molecule has 2 aromatic carbocycles. The van der Waals surface area contributed by atoms with Crippen LogP contribution in [0.1, 0.15) is 30.2 Å². The first-order valence-electron chi connectivity index (χ1n) is 8.64. The van der Waals surface area contributed by atoms with Gasteiger partial charge in [-0.05, 0) is 43.0 Å². The molecule has 1 aromatic heterocycles. The molecule has 1 saturated heterocycles. The van der Waals surface area contributed by atoms with Gasteiger partial charge in [0.2, 0.25) is 11.7 Å². The third kappa shape index (κ3) is 3.91. The van der Waals surface area contributed by atoms with Crippen LogP contribution in [-0.2, 0) is 6.54 Å². The van der Waals surface area contributed by atoms with Crippen molar-refractivity contribution in [3.05, 3.63) is 71.1 Å². The Bertz CT molecular complexity index is 834. The molecule has 2 heterocycles. The molecule has 0 radical (unpaired) electrons. The van der Waals surface area contributed by atoms with Gasteiger partial charge in [-0.25, -0.2) is 0 Å². The number of hydrogen-bond donors (Lipinski definition) is 0. The molecule has 0 amide bonds. The molecule has 0 aliphatic carbocycles. The second kappa shape index (κ2) is 7.38. The lowest BCUT2D eigenvalue weighted by molar-refractivity contribution is 0.177. The lowest BCUT2D eigenvalue weighted by atomic mass is 9.91. The van der Waals surface area contributed by atoms with E-state index in [2.05, 4.69) is 45.4 Å². The Labute approximate surface area is 152 Å². The predicted molar refractivity (Wildman–Crippen MR) is 98.4 cm³/mol. The van der Waals surface area contributed by atoms with Gasteiger partial charge in [0.15, 0.2) is 0 Å². The molecule has 1 aliphatic heterocycles. The molecular formula is C20H20ClN3O. The zero-order chi connectivity index (χ0) is 17.1. The highest BCUT2D eigenvalue weighted by atomic mass is 35.5. The molecule has 0 saturated carbocycles. The fourth-order valence-corrected chi connectivity index (χ4v) is 3.64. The van der Waals surface area contributed by atoms with Gasteiger partial charge in [-0.1, -0.05) is 59.2 Å². The minimum atomic E-state index is 0.574. The maximum Gasteiger partial charge on any atom is 0.241 e. The van der Waals surface area contributed by atoms with Crippen molar-refractivity contribution in [3.63, 3.8) is 0 Å². The molecule has 1 aliphatic rings. The van der Waals surface area contributed by atoms with E-state index in [0.717, 1.165) is 18.7 Å². The topological polar surface area (TPSA) is 42.2 Å². The van der Waals surface area contributed by atoms with Gasteiger partial charge in [0.1, 0.15) is 0 Å². The van der Waals surface area contributed by atoms with Crippen LogP contribution in [0.25, 0.3) is 11.4 Å². The van der Waals surface area contributed by atoms with E-state index in [-0.39, 0.29) is 0 Å². The molecule has 4 nitrogen and oxygen atoms in total. The van der Waals surface area contributed by atoms with Crippen LogP contribution >= 0.6 is 11.6 Å². The number of hydrogen-bond acceptors (Lipinski definition) is 4. The normalized spacial score (nSPS) is 18.4. The Morgan fingerprint density at radius 2 is 2.00 bits per heavy atom. The summed E-state index contributed by atoms with van der Waals surface area (Å²) in [6.07, 6.45) is 2.42. The number of rotatable bonds is 4. The molecule has 5 heteroatoms. The zero-order valence-electron chi connectivity index (χ0n) is 13.9. The first-order chi connectivity index (χ1) is 12.3. The Morgan fingerprint density at radius 1 is 1.12 bits per heavy atom. The molecule has 1 unspecified atom stereocenters. The Hall–Kier alpha value is -2.17. The summed E-state index contributed by atoms with van der Waals surface area (Å²) in [4.78, 5) is 6.93. The first-order valence-corrected chi connectivity index (χ1v) is 9.01. The minimum absolute atomic E-state index is 0.574. The second-order valence-electron chi connectivity index (χ2n) is 6.51. The molecule has 0 bridgehead atoms. The SMILES string of the molecule is Clc1cccc(-c2noc(CN3CCCC(c4ccccc4)C3)n2)c1. The molecule has 0 N–H and O–H groups in total. The lowest BCUT2D eigenvalue weighted by Crippen LogP contribution is -2.33. The average molecular weight is 354 g/mol. The van der Waals surface area contributed by atoms with Crippen LogP contribution < -0.4 is 0 Å². The van der Waals surface area contributed by atoms with E-state index in [0.29, 0.717) is 29.2 Å². The van der Waals surface area contributed by atoms with Crippen molar-refractivity contribution in [2.75, 3.05) is 13.1 Å². The molecule has 4 rings (SSSR count). The Balaban J connectivity index is 1.44. The molecule has 1 atom stereocenters. The van der Waals surface area contributed by atoms with Gasteiger partial charge in [-0.3, -0.25) is 4.90 Å². The smallest absolute Gasteiger partial charge is 0.241 e. The van der Waals surface area contributed by atoms with Crippen molar-refractivity contribution in [2.45, 2.75) is 25.3 Å². The average Bonchev–Trinajstić information content (AvgIpc) is 3.11. The highest BCUT2D eigenvalue weighted by Gasteiger charge is 2.23. The largest absolute Gasteiger partial charge is 0.338 e. The van der Waals surface area contributed by atoms with Gasteiger partial charge < -0.3 is 4.52 Å². The van der Waals surface area contributed by atoms with Crippen molar-refractivity contribution in [1.29, 1.82) is 0 Å². The monoisotopic (exact) mass is 353 g/mol. The number of halogens is 1. The van der Waals surface area contributed by atoms with Crippen LogP contribution in [0.5, 0.6) is 0 Å². The van der Waals surface area contributed by atoms with E-state index >= 15 is 0 Å². The van der Waals surface area contributed by atoms with Gasteiger partial charge >= 0.3 is 0 Å². The molecule has 25 heavy (non-hydrogen) atoms. The summed E-state index contributed by atoms with van der Waals surface area (Å²) in [6, 6.07) is 18.3. The molecule has 1 fully saturated rings. The van der Waals surface area contributed by atoms with Crippen LogP contribution in [0, 0.1) is 0 Å². The zero-order valence-corrected chi connectivity index (χ0v) is 14.7. The summed E-state index contributed by atoms with van der Waals surface area (Å²) >= 11 is 6.04. The molecule has 3 aromatic rings. The van der Waals surface area contributed by atoms with Crippen molar-refractivity contribution in [3.8, 4) is 11.4 Å². The van der Waals surface area contributed by atoms with E-state index < -0.39 is 0 Å². The quantitative estimate of drug-likeness (QED) is 0.677. The molecule has 128 valence electrons. The number of likely N-dealkylation sites (tertiary alicyclic amines) is 1. The van der Waals surface area contributed by atoms with Crippen molar-refractivity contribution < 1.29 is 4.52 Å². The minimum Gasteiger partial charge on any atom is -0.338 e. The summed E-state index contributed by atoms with van der Waals surface area (Å²) in [5.74, 6) is 1.82. The summed E-state index contributed by atoms with van der Waals surface area (Å²) < 4.78 is 5.46. The third-order valence-corrected chi connectivity index (χ3v) is 4.92. The summed E-state index contributed by atoms with van der Waals surface area (Å²) in [5, 5.41) is 4.77. The number of aromatic nitrogens is 2. The van der Waals surface area contributed by atoms with E-state index in [1.165, 1.54) is 18.4 Å². The van der Waals surface area contributed by atoms with E-state index in [4.69, 9.17) is 16.1 Å². The van der Waals surface area contributed by atoms with E-state index in [1.54, 1.807) is 0 Å². The highest BCUT2D eigenvalue weighted by molar-refractivity contribution is 6.30. The van der Waals surface area contributed by atoms with E-state index in [9.17, 15) is 0 Å².